The van der Waals surface area contributed by atoms with Gasteiger partial charge in [0.25, 0.3) is 0 Å². The minimum Gasteiger partial charge on any atom is -0.356 e. The molecule has 92 valence electrons. The molecule has 0 aromatic heterocycles. The van der Waals surface area contributed by atoms with Crippen molar-refractivity contribution >= 4 is 5.91 Å². The van der Waals surface area contributed by atoms with Crippen LogP contribution in [-0.4, -0.2) is 50.1 Å². The van der Waals surface area contributed by atoms with Gasteiger partial charge in [0.1, 0.15) is 0 Å². The summed E-state index contributed by atoms with van der Waals surface area (Å²) < 4.78 is 0. The number of likely N-dealkylation sites (N-methyl/N-ethyl adjacent to an activating group) is 1. The standard InChI is InChI=1S/C12H23N3O/c1-15-6-5-13-11(9-15)7-12(16)14-8-10-3-2-4-10/h10-11,13H,2-9H2,1H3,(H,14,16). The van der Waals surface area contributed by atoms with Crippen molar-refractivity contribution in [3.63, 3.8) is 0 Å². The van der Waals surface area contributed by atoms with Crippen LogP contribution in [0.3, 0.4) is 0 Å². The summed E-state index contributed by atoms with van der Waals surface area (Å²) in [5, 5.41) is 6.44. The molecule has 1 atom stereocenters. The van der Waals surface area contributed by atoms with E-state index < -0.39 is 0 Å². The summed E-state index contributed by atoms with van der Waals surface area (Å²) in [5.74, 6) is 0.964. The number of piperazine rings is 1. The Morgan fingerprint density at radius 1 is 1.50 bits per heavy atom. The number of carbonyl (C=O) groups is 1. The first-order chi connectivity index (χ1) is 7.74. The summed E-state index contributed by atoms with van der Waals surface area (Å²) in [5.41, 5.74) is 0. The summed E-state index contributed by atoms with van der Waals surface area (Å²) in [7, 11) is 2.11. The Morgan fingerprint density at radius 2 is 2.31 bits per heavy atom. The molecule has 0 radical (unpaired) electrons. The van der Waals surface area contributed by atoms with E-state index in [0.717, 1.165) is 32.1 Å². The van der Waals surface area contributed by atoms with Crippen molar-refractivity contribution in [3.05, 3.63) is 0 Å². The smallest absolute Gasteiger partial charge is 0.221 e. The van der Waals surface area contributed by atoms with Crippen molar-refractivity contribution < 1.29 is 4.79 Å². The second-order valence-corrected chi connectivity index (χ2v) is 5.22. The van der Waals surface area contributed by atoms with Gasteiger partial charge in [-0.3, -0.25) is 4.79 Å². The van der Waals surface area contributed by atoms with Gasteiger partial charge in [-0.2, -0.15) is 0 Å². The minimum absolute atomic E-state index is 0.208. The fourth-order valence-electron chi connectivity index (χ4n) is 2.38. The van der Waals surface area contributed by atoms with Crippen molar-refractivity contribution in [2.24, 2.45) is 5.92 Å². The lowest BCUT2D eigenvalue weighted by Gasteiger charge is -2.31. The maximum absolute atomic E-state index is 11.7. The van der Waals surface area contributed by atoms with Crippen LogP contribution in [0.1, 0.15) is 25.7 Å². The molecule has 2 rings (SSSR count). The summed E-state index contributed by atoms with van der Waals surface area (Å²) in [6.07, 6.45) is 4.56. The maximum Gasteiger partial charge on any atom is 0.221 e. The molecular formula is C12H23N3O. The highest BCUT2D eigenvalue weighted by atomic mass is 16.1. The van der Waals surface area contributed by atoms with E-state index >= 15 is 0 Å². The Bertz CT molecular complexity index is 240. The summed E-state index contributed by atoms with van der Waals surface area (Å²) in [6, 6.07) is 0.333. The van der Waals surface area contributed by atoms with E-state index in [0.29, 0.717) is 12.5 Å². The Hall–Kier alpha value is -0.610. The van der Waals surface area contributed by atoms with Crippen LogP contribution in [0.25, 0.3) is 0 Å². The van der Waals surface area contributed by atoms with Gasteiger partial charge in [-0.05, 0) is 25.8 Å². The van der Waals surface area contributed by atoms with Gasteiger partial charge < -0.3 is 15.5 Å². The highest BCUT2D eigenvalue weighted by Gasteiger charge is 2.21. The monoisotopic (exact) mass is 225 g/mol. The molecule has 0 bridgehead atoms. The number of nitrogens with one attached hydrogen (secondary N) is 2. The first kappa shape index (κ1) is 11.9. The van der Waals surface area contributed by atoms with Crippen LogP contribution in [0.5, 0.6) is 0 Å². The molecule has 2 N–H and O–H groups in total. The van der Waals surface area contributed by atoms with Crippen LogP contribution in [0, 0.1) is 5.92 Å². The van der Waals surface area contributed by atoms with Crippen LogP contribution in [0.15, 0.2) is 0 Å². The third-order valence-electron chi connectivity index (χ3n) is 3.70. The number of rotatable bonds is 4. The molecule has 4 nitrogen and oxygen atoms in total. The van der Waals surface area contributed by atoms with Crippen LogP contribution >= 0.6 is 0 Å². The zero-order valence-corrected chi connectivity index (χ0v) is 10.2. The maximum atomic E-state index is 11.7. The van der Waals surface area contributed by atoms with Crippen molar-refractivity contribution in [1.82, 2.24) is 15.5 Å². The van der Waals surface area contributed by atoms with E-state index in [2.05, 4.69) is 22.6 Å². The predicted molar refractivity (Wildman–Crippen MR) is 64.3 cm³/mol. The minimum atomic E-state index is 0.208. The third-order valence-corrected chi connectivity index (χ3v) is 3.70. The Balaban J connectivity index is 1.61. The van der Waals surface area contributed by atoms with Gasteiger partial charge in [0.15, 0.2) is 0 Å². The SMILES string of the molecule is CN1CCNC(CC(=O)NCC2CCC2)C1. The van der Waals surface area contributed by atoms with E-state index in [9.17, 15) is 4.79 Å². The third kappa shape index (κ3) is 3.46. The highest BCUT2D eigenvalue weighted by Crippen LogP contribution is 2.25. The van der Waals surface area contributed by atoms with Gasteiger partial charge in [0.05, 0.1) is 0 Å². The number of hydrogen-bond acceptors (Lipinski definition) is 3. The first-order valence-electron chi connectivity index (χ1n) is 6.42. The van der Waals surface area contributed by atoms with Gasteiger partial charge in [-0.15, -0.1) is 0 Å². The molecule has 0 aromatic carbocycles. The molecule has 1 heterocycles. The lowest BCUT2D eigenvalue weighted by Crippen LogP contribution is -2.50. The number of carbonyl (C=O) groups excluding carboxylic acids is 1. The van der Waals surface area contributed by atoms with E-state index in [1.54, 1.807) is 0 Å². The van der Waals surface area contributed by atoms with E-state index in [1.165, 1.54) is 19.3 Å². The average molecular weight is 225 g/mol. The lowest BCUT2D eigenvalue weighted by atomic mass is 9.85. The molecule has 1 amide bonds. The molecule has 16 heavy (non-hydrogen) atoms. The topological polar surface area (TPSA) is 44.4 Å². The van der Waals surface area contributed by atoms with E-state index in [1.807, 2.05) is 0 Å². The van der Waals surface area contributed by atoms with E-state index in [-0.39, 0.29) is 5.91 Å². The Labute approximate surface area is 97.8 Å². The molecule has 2 fully saturated rings. The molecule has 1 saturated carbocycles. The summed E-state index contributed by atoms with van der Waals surface area (Å²) in [4.78, 5) is 14.0. The second-order valence-electron chi connectivity index (χ2n) is 5.22. The molecule has 1 aliphatic heterocycles. The Kier molecular flexibility index (Phi) is 4.18. The molecule has 1 unspecified atom stereocenters. The molecule has 0 spiro atoms. The summed E-state index contributed by atoms with van der Waals surface area (Å²) in [6.45, 7) is 3.95. The van der Waals surface area contributed by atoms with E-state index in [4.69, 9.17) is 0 Å². The molecule has 2 aliphatic rings. The van der Waals surface area contributed by atoms with Crippen molar-refractivity contribution in [2.45, 2.75) is 31.7 Å². The van der Waals surface area contributed by atoms with Gasteiger partial charge in [0.2, 0.25) is 5.91 Å². The fraction of sp³-hybridized carbons (Fsp3) is 0.917. The quantitative estimate of drug-likeness (QED) is 0.718. The normalized spacial score (nSPS) is 27.4. The molecule has 0 aromatic rings. The lowest BCUT2D eigenvalue weighted by molar-refractivity contribution is -0.122. The molecule has 4 heteroatoms. The van der Waals surface area contributed by atoms with Crippen molar-refractivity contribution in [2.75, 3.05) is 33.2 Å². The van der Waals surface area contributed by atoms with Crippen LogP contribution in [0.4, 0.5) is 0 Å². The van der Waals surface area contributed by atoms with Crippen molar-refractivity contribution in [3.8, 4) is 0 Å². The summed E-state index contributed by atoms with van der Waals surface area (Å²) >= 11 is 0. The number of hydrogen-bond donors (Lipinski definition) is 2. The van der Waals surface area contributed by atoms with Crippen molar-refractivity contribution in [1.29, 1.82) is 0 Å². The van der Waals surface area contributed by atoms with Crippen LogP contribution < -0.4 is 10.6 Å². The number of amides is 1. The number of nitrogens with zero attached hydrogens (tertiary/aromatic N) is 1. The van der Waals surface area contributed by atoms with Gasteiger partial charge in [0, 0.05) is 38.6 Å². The molecule has 1 aliphatic carbocycles. The molecular weight excluding hydrogens is 202 g/mol. The second kappa shape index (κ2) is 5.64. The zero-order chi connectivity index (χ0) is 11.4. The zero-order valence-electron chi connectivity index (χ0n) is 10.2. The first-order valence-corrected chi connectivity index (χ1v) is 6.42. The van der Waals surface area contributed by atoms with Crippen LogP contribution in [0.2, 0.25) is 0 Å². The average Bonchev–Trinajstić information content (AvgIpc) is 2.15. The van der Waals surface area contributed by atoms with Crippen LogP contribution in [-0.2, 0) is 4.79 Å². The molecule has 1 saturated heterocycles. The van der Waals surface area contributed by atoms with Gasteiger partial charge in [-0.25, -0.2) is 0 Å². The largest absolute Gasteiger partial charge is 0.356 e. The predicted octanol–water partition coefficient (Wildman–Crippen LogP) is 0.196. The van der Waals surface area contributed by atoms with Gasteiger partial charge >= 0.3 is 0 Å². The highest BCUT2D eigenvalue weighted by molar-refractivity contribution is 5.76. The van der Waals surface area contributed by atoms with Gasteiger partial charge in [-0.1, -0.05) is 6.42 Å². The Morgan fingerprint density at radius 3 is 2.94 bits per heavy atom. The fourth-order valence-corrected chi connectivity index (χ4v) is 2.38.